The molecule has 1 unspecified atom stereocenters. The average Bonchev–Trinajstić information content (AvgIpc) is 2.62. The third-order valence-electron chi connectivity index (χ3n) is 2.65. The second-order valence-corrected chi connectivity index (χ2v) is 6.62. The first kappa shape index (κ1) is 13.7. The minimum atomic E-state index is -0.863. The Morgan fingerprint density at radius 2 is 2.11 bits per heavy atom. The molecule has 0 aliphatic heterocycles. The van der Waals surface area contributed by atoms with Crippen LogP contribution in [0.5, 0.6) is 0 Å². The lowest BCUT2D eigenvalue weighted by molar-refractivity contribution is 0.0616. The minimum Gasteiger partial charge on any atom is -0.389 e. The molecule has 0 saturated heterocycles. The van der Waals surface area contributed by atoms with Crippen molar-refractivity contribution >= 4 is 27.3 Å². The van der Waals surface area contributed by atoms with Gasteiger partial charge < -0.3 is 5.11 Å². The molecular formula is C14H14BrFOS. The fourth-order valence-corrected chi connectivity index (χ4v) is 3.60. The first-order chi connectivity index (χ1) is 8.44. The van der Waals surface area contributed by atoms with Crippen LogP contribution in [-0.4, -0.2) is 10.7 Å². The molecule has 0 aliphatic carbocycles. The third kappa shape index (κ3) is 3.90. The van der Waals surface area contributed by atoms with Crippen LogP contribution in [0.15, 0.2) is 40.2 Å². The lowest BCUT2D eigenvalue weighted by Crippen LogP contribution is -2.29. The standard InChI is InChI=1S/C14H14BrFOS/c1-14(17,8-13-6-11(15)9-18-13)7-10-3-2-4-12(16)5-10/h2-6,9,17H,7-8H2,1H3. The van der Waals surface area contributed by atoms with Crippen molar-refractivity contribution in [3.05, 3.63) is 56.4 Å². The lowest BCUT2D eigenvalue weighted by Gasteiger charge is -2.22. The minimum absolute atomic E-state index is 0.262. The Bertz CT molecular complexity index is 536. The molecule has 1 heterocycles. The van der Waals surface area contributed by atoms with Crippen molar-refractivity contribution in [3.63, 3.8) is 0 Å². The van der Waals surface area contributed by atoms with Crippen LogP contribution in [0.25, 0.3) is 0 Å². The fraction of sp³-hybridized carbons (Fsp3) is 0.286. The molecule has 1 aromatic carbocycles. The molecular weight excluding hydrogens is 315 g/mol. The van der Waals surface area contributed by atoms with E-state index in [-0.39, 0.29) is 5.82 Å². The topological polar surface area (TPSA) is 20.2 Å². The first-order valence-electron chi connectivity index (χ1n) is 5.64. The summed E-state index contributed by atoms with van der Waals surface area (Å²) in [5.74, 6) is -0.262. The van der Waals surface area contributed by atoms with Gasteiger partial charge in [0.25, 0.3) is 0 Å². The van der Waals surface area contributed by atoms with Crippen LogP contribution in [0.1, 0.15) is 17.4 Å². The molecule has 1 aromatic heterocycles. The number of aliphatic hydroxyl groups is 1. The number of halogens is 2. The van der Waals surface area contributed by atoms with Crippen LogP contribution < -0.4 is 0 Å². The van der Waals surface area contributed by atoms with Gasteiger partial charge >= 0.3 is 0 Å². The van der Waals surface area contributed by atoms with Crippen LogP contribution in [0.3, 0.4) is 0 Å². The smallest absolute Gasteiger partial charge is 0.123 e. The number of hydrogen-bond donors (Lipinski definition) is 1. The molecule has 18 heavy (non-hydrogen) atoms. The Morgan fingerprint density at radius 3 is 2.72 bits per heavy atom. The largest absolute Gasteiger partial charge is 0.389 e. The highest BCUT2D eigenvalue weighted by atomic mass is 79.9. The predicted octanol–water partition coefficient (Wildman–Crippen LogP) is 4.19. The maximum atomic E-state index is 13.1. The summed E-state index contributed by atoms with van der Waals surface area (Å²) in [7, 11) is 0. The van der Waals surface area contributed by atoms with Crippen molar-refractivity contribution in [2.75, 3.05) is 0 Å². The monoisotopic (exact) mass is 328 g/mol. The first-order valence-corrected chi connectivity index (χ1v) is 7.32. The van der Waals surface area contributed by atoms with E-state index in [1.807, 2.05) is 17.5 Å². The van der Waals surface area contributed by atoms with E-state index in [4.69, 9.17) is 0 Å². The fourth-order valence-electron chi connectivity index (χ4n) is 1.97. The Kier molecular flexibility index (Phi) is 4.20. The van der Waals surface area contributed by atoms with Crippen molar-refractivity contribution in [2.24, 2.45) is 0 Å². The molecule has 0 fully saturated rings. The third-order valence-corrected chi connectivity index (χ3v) is 4.35. The van der Waals surface area contributed by atoms with E-state index in [9.17, 15) is 9.50 Å². The molecule has 1 N–H and O–H groups in total. The molecule has 0 saturated carbocycles. The molecule has 0 radical (unpaired) electrons. The van der Waals surface area contributed by atoms with Gasteiger partial charge in [0.1, 0.15) is 5.82 Å². The van der Waals surface area contributed by atoms with Crippen molar-refractivity contribution in [3.8, 4) is 0 Å². The summed E-state index contributed by atoms with van der Waals surface area (Å²) in [6, 6.07) is 8.39. The van der Waals surface area contributed by atoms with Crippen molar-refractivity contribution in [1.29, 1.82) is 0 Å². The molecule has 0 spiro atoms. The van der Waals surface area contributed by atoms with Crippen LogP contribution in [0, 0.1) is 5.82 Å². The van der Waals surface area contributed by atoms with Crippen LogP contribution >= 0.6 is 27.3 Å². The van der Waals surface area contributed by atoms with E-state index in [1.165, 1.54) is 12.1 Å². The number of thiophene rings is 1. The van der Waals surface area contributed by atoms with Crippen LogP contribution in [0.2, 0.25) is 0 Å². The normalized spacial score (nSPS) is 14.4. The zero-order chi connectivity index (χ0) is 13.2. The molecule has 0 amide bonds. The van der Waals surface area contributed by atoms with E-state index in [0.717, 1.165) is 14.9 Å². The molecule has 0 aliphatic rings. The summed E-state index contributed by atoms with van der Waals surface area (Å²) in [6.07, 6.45) is 1.01. The van der Waals surface area contributed by atoms with E-state index in [2.05, 4.69) is 15.9 Å². The molecule has 2 rings (SSSR count). The zero-order valence-corrected chi connectivity index (χ0v) is 12.4. The van der Waals surface area contributed by atoms with E-state index < -0.39 is 5.60 Å². The van der Waals surface area contributed by atoms with Gasteiger partial charge in [0, 0.05) is 27.6 Å². The second-order valence-electron chi connectivity index (χ2n) is 4.71. The molecule has 4 heteroatoms. The highest BCUT2D eigenvalue weighted by molar-refractivity contribution is 9.10. The molecule has 96 valence electrons. The summed E-state index contributed by atoms with van der Waals surface area (Å²) in [5.41, 5.74) is -0.0476. The van der Waals surface area contributed by atoms with Crippen molar-refractivity contribution in [2.45, 2.75) is 25.4 Å². The summed E-state index contributed by atoms with van der Waals surface area (Å²) in [4.78, 5) is 1.11. The van der Waals surface area contributed by atoms with Gasteiger partial charge in [0.15, 0.2) is 0 Å². The maximum Gasteiger partial charge on any atom is 0.123 e. The zero-order valence-electron chi connectivity index (χ0n) is 9.99. The Morgan fingerprint density at radius 1 is 1.33 bits per heavy atom. The van der Waals surface area contributed by atoms with Gasteiger partial charge in [-0.3, -0.25) is 0 Å². The molecule has 2 aromatic rings. The van der Waals surface area contributed by atoms with Gasteiger partial charge in [-0.15, -0.1) is 11.3 Å². The number of hydrogen-bond acceptors (Lipinski definition) is 2. The van der Waals surface area contributed by atoms with Crippen molar-refractivity contribution in [1.82, 2.24) is 0 Å². The quantitative estimate of drug-likeness (QED) is 0.892. The summed E-state index contributed by atoms with van der Waals surface area (Å²) in [5, 5.41) is 12.4. The van der Waals surface area contributed by atoms with Crippen LogP contribution in [-0.2, 0) is 12.8 Å². The summed E-state index contributed by atoms with van der Waals surface area (Å²) < 4.78 is 14.1. The average molecular weight is 329 g/mol. The van der Waals surface area contributed by atoms with Gasteiger partial charge in [-0.25, -0.2) is 4.39 Å². The Hall–Kier alpha value is -0.710. The second kappa shape index (κ2) is 5.51. The highest BCUT2D eigenvalue weighted by Gasteiger charge is 2.22. The number of benzene rings is 1. The van der Waals surface area contributed by atoms with Crippen LogP contribution in [0.4, 0.5) is 4.39 Å². The molecule has 1 nitrogen and oxygen atoms in total. The van der Waals surface area contributed by atoms with Gasteiger partial charge in [0.05, 0.1) is 5.60 Å². The van der Waals surface area contributed by atoms with E-state index >= 15 is 0 Å². The lowest BCUT2D eigenvalue weighted by atomic mass is 9.92. The van der Waals surface area contributed by atoms with Gasteiger partial charge in [-0.2, -0.15) is 0 Å². The van der Waals surface area contributed by atoms with Crippen molar-refractivity contribution < 1.29 is 9.50 Å². The maximum absolute atomic E-state index is 13.1. The summed E-state index contributed by atoms with van der Waals surface area (Å²) >= 11 is 5.00. The number of rotatable bonds is 4. The molecule has 0 bridgehead atoms. The van der Waals surface area contributed by atoms with E-state index in [0.29, 0.717) is 12.8 Å². The summed E-state index contributed by atoms with van der Waals surface area (Å²) in [6.45, 7) is 1.78. The van der Waals surface area contributed by atoms with Gasteiger partial charge in [-0.05, 0) is 46.6 Å². The van der Waals surface area contributed by atoms with Gasteiger partial charge in [-0.1, -0.05) is 12.1 Å². The highest BCUT2D eigenvalue weighted by Crippen LogP contribution is 2.26. The molecule has 1 atom stereocenters. The van der Waals surface area contributed by atoms with Gasteiger partial charge in [0.2, 0.25) is 0 Å². The van der Waals surface area contributed by atoms with E-state index in [1.54, 1.807) is 24.3 Å². The Labute approximate surface area is 118 Å². The SMILES string of the molecule is CC(O)(Cc1cccc(F)c1)Cc1cc(Br)cs1. The Balaban J connectivity index is 2.07. The predicted molar refractivity (Wildman–Crippen MR) is 76.5 cm³/mol.